The van der Waals surface area contributed by atoms with Crippen LogP contribution in [0.15, 0.2) is 53.3 Å². The van der Waals surface area contributed by atoms with Gasteiger partial charge < -0.3 is 9.72 Å². The number of aromatic amines is 1. The van der Waals surface area contributed by atoms with Gasteiger partial charge in [-0.2, -0.15) is 0 Å². The Hall–Kier alpha value is -3.41. The van der Waals surface area contributed by atoms with E-state index in [4.69, 9.17) is 4.74 Å². The molecule has 1 aliphatic heterocycles. The maximum absolute atomic E-state index is 12.3. The molecule has 136 valence electrons. The van der Waals surface area contributed by atoms with Crippen LogP contribution in [-0.4, -0.2) is 34.8 Å². The summed E-state index contributed by atoms with van der Waals surface area (Å²) in [4.78, 5) is 41.3. The largest absolute Gasteiger partial charge is 0.492 e. The van der Waals surface area contributed by atoms with E-state index in [1.165, 1.54) is 4.90 Å². The number of aromatic nitrogens is 1. The van der Waals surface area contributed by atoms with Crippen LogP contribution < -0.4 is 10.2 Å². The van der Waals surface area contributed by atoms with Crippen molar-refractivity contribution in [2.75, 3.05) is 13.2 Å². The van der Waals surface area contributed by atoms with Gasteiger partial charge in [-0.15, -0.1) is 0 Å². The lowest BCUT2D eigenvalue weighted by Gasteiger charge is -2.14. The first kappa shape index (κ1) is 17.0. The molecule has 6 heteroatoms. The lowest BCUT2D eigenvalue weighted by atomic mass is 10.1. The molecule has 2 heterocycles. The molecule has 0 fully saturated rings. The second-order valence-corrected chi connectivity index (χ2v) is 6.38. The first-order chi connectivity index (χ1) is 13.1. The number of carbonyl (C=O) groups is 2. The van der Waals surface area contributed by atoms with Gasteiger partial charge in [0.15, 0.2) is 5.43 Å². The van der Waals surface area contributed by atoms with E-state index in [0.717, 1.165) is 17.6 Å². The van der Waals surface area contributed by atoms with Crippen LogP contribution in [0.3, 0.4) is 0 Å². The van der Waals surface area contributed by atoms with Crippen LogP contribution in [0.1, 0.15) is 33.3 Å². The van der Waals surface area contributed by atoms with Crippen LogP contribution in [0.5, 0.6) is 5.75 Å². The fourth-order valence-electron chi connectivity index (χ4n) is 3.26. The molecule has 2 amide bonds. The molecule has 4 rings (SSSR count). The molecule has 1 aliphatic rings. The number of amides is 2. The molecule has 0 saturated carbocycles. The summed E-state index contributed by atoms with van der Waals surface area (Å²) in [5.41, 5.74) is 2.42. The van der Waals surface area contributed by atoms with Crippen molar-refractivity contribution in [3.05, 3.63) is 75.6 Å². The zero-order valence-electron chi connectivity index (χ0n) is 14.8. The molecule has 27 heavy (non-hydrogen) atoms. The van der Waals surface area contributed by atoms with Gasteiger partial charge in [-0.3, -0.25) is 19.3 Å². The Kier molecular flexibility index (Phi) is 4.24. The number of rotatable bonds is 5. The van der Waals surface area contributed by atoms with Crippen molar-refractivity contribution < 1.29 is 14.3 Å². The van der Waals surface area contributed by atoms with Crippen LogP contribution >= 0.6 is 0 Å². The number of H-pyrrole nitrogens is 1. The van der Waals surface area contributed by atoms with Crippen LogP contribution in [0, 0.1) is 0 Å². The number of fused-ring (bicyclic) bond motifs is 2. The van der Waals surface area contributed by atoms with Gasteiger partial charge in [0, 0.05) is 22.7 Å². The summed E-state index contributed by atoms with van der Waals surface area (Å²) >= 11 is 0. The van der Waals surface area contributed by atoms with Crippen LogP contribution in [0.4, 0.5) is 0 Å². The maximum Gasteiger partial charge on any atom is 0.261 e. The standard InChI is InChI=1S/C21H18N2O4/c1-2-13-11-19(24)17-12-14(7-8-18(17)22-13)27-10-9-23-20(25)15-5-3-4-6-16(15)21(23)26/h3-8,11-12H,2,9-10H2,1H3,(H,22,24). The lowest BCUT2D eigenvalue weighted by molar-refractivity contribution is 0.0631. The number of hydrogen-bond acceptors (Lipinski definition) is 4. The first-order valence-electron chi connectivity index (χ1n) is 8.82. The van der Waals surface area contributed by atoms with Gasteiger partial charge in [-0.05, 0) is 36.8 Å². The van der Waals surface area contributed by atoms with E-state index in [-0.39, 0.29) is 30.4 Å². The molecular formula is C21H18N2O4. The monoisotopic (exact) mass is 362 g/mol. The number of nitrogens with zero attached hydrogens (tertiary/aromatic N) is 1. The number of imide groups is 1. The Bertz CT molecular complexity index is 1080. The summed E-state index contributed by atoms with van der Waals surface area (Å²) in [5.74, 6) is -0.0867. The minimum Gasteiger partial charge on any atom is -0.492 e. The van der Waals surface area contributed by atoms with E-state index in [0.29, 0.717) is 22.3 Å². The predicted molar refractivity (Wildman–Crippen MR) is 101 cm³/mol. The summed E-state index contributed by atoms with van der Waals surface area (Å²) in [6.45, 7) is 2.28. The molecule has 0 spiro atoms. The maximum atomic E-state index is 12.3. The van der Waals surface area contributed by atoms with Crippen LogP contribution in [0.2, 0.25) is 0 Å². The fourth-order valence-corrected chi connectivity index (χ4v) is 3.26. The number of nitrogens with one attached hydrogen (secondary N) is 1. The first-order valence-corrected chi connectivity index (χ1v) is 8.82. The van der Waals surface area contributed by atoms with E-state index < -0.39 is 0 Å². The fraction of sp³-hybridized carbons (Fsp3) is 0.190. The van der Waals surface area contributed by atoms with Crippen LogP contribution in [-0.2, 0) is 6.42 Å². The molecule has 0 atom stereocenters. The highest BCUT2D eigenvalue weighted by molar-refractivity contribution is 6.21. The number of pyridine rings is 1. The summed E-state index contributed by atoms with van der Waals surface area (Å²) in [6.07, 6.45) is 0.754. The van der Waals surface area contributed by atoms with Crippen molar-refractivity contribution in [3.8, 4) is 5.75 Å². The molecule has 2 aromatic carbocycles. The Labute approximate surface area is 155 Å². The highest BCUT2D eigenvalue weighted by atomic mass is 16.5. The van der Waals surface area contributed by atoms with Crippen molar-refractivity contribution in [1.29, 1.82) is 0 Å². The Balaban J connectivity index is 1.47. The molecule has 0 radical (unpaired) electrons. The number of hydrogen-bond donors (Lipinski definition) is 1. The third-order valence-corrected chi connectivity index (χ3v) is 4.70. The van der Waals surface area contributed by atoms with E-state index >= 15 is 0 Å². The Morgan fingerprint density at radius 1 is 0.963 bits per heavy atom. The molecule has 6 nitrogen and oxygen atoms in total. The molecule has 0 bridgehead atoms. The third kappa shape index (κ3) is 2.99. The van der Waals surface area contributed by atoms with Crippen molar-refractivity contribution in [2.24, 2.45) is 0 Å². The highest BCUT2D eigenvalue weighted by Crippen LogP contribution is 2.22. The zero-order chi connectivity index (χ0) is 19.0. The smallest absolute Gasteiger partial charge is 0.261 e. The third-order valence-electron chi connectivity index (χ3n) is 4.70. The molecule has 3 aromatic rings. The molecule has 1 N–H and O–H groups in total. The molecule has 0 saturated heterocycles. The van der Waals surface area contributed by atoms with E-state index in [1.54, 1.807) is 48.5 Å². The average molecular weight is 362 g/mol. The zero-order valence-corrected chi connectivity index (χ0v) is 14.8. The summed E-state index contributed by atoms with van der Waals surface area (Å²) < 4.78 is 5.68. The number of carbonyl (C=O) groups excluding carboxylic acids is 2. The number of aryl methyl sites for hydroxylation is 1. The molecule has 0 unspecified atom stereocenters. The van der Waals surface area contributed by atoms with Crippen molar-refractivity contribution >= 4 is 22.7 Å². The second kappa shape index (κ2) is 6.72. The lowest BCUT2D eigenvalue weighted by Crippen LogP contribution is -2.33. The molecule has 1 aromatic heterocycles. The molecule has 0 aliphatic carbocycles. The summed E-state index contributed by atoms with van der Waals surface area (Å²) in [5, 5.41) is 0.547. The Morgan fingerprint density at radius 3 is 2.33 bits per heavy atom. The van der Waals surface area contributed by atoms with Gasteiger partial charge in [-0.1, -0.05) is 19.1 Å². The summed E-state index contributed by atoms with van der Waals surface area (Å²) in [6, 6.07) is 13.6. The Morgan fingerprint density at radius 2 is 1.67 bits per heavy atom. The average Bonchev–Trinajstić information content (AvgIpc) is 2.93. The predicted octanol–water partition coefficient (Wildman–Crippen LogP) is 2.77. The quantitative estimate of drug-likeness (QED) is 0.708. The minimum atomic E-state index is -0.304. The van der Waals surface area contributed by atoms with Gasteiger partial charge >= 0.3 is 0 Å². The van der Waals surface area contributed by atoms with Gasteiger partial charge in [0.25, 0.3) is 11.8 Å². The minimum absolute atomic E-state index is 0.0635. The topological polar surface area (TPSA) is 79.5 Å². The van der Waals surface area contributed by atoms with E-state index in [9.17, 15) is 14.4 Å². The van der Waals surface area contributed by atoms with Gasteiger partial charge in [0.2, 0.25) is 0 Å². The second-order valence-electron chi connectivity index (χ2n) is 6.38. The van der Waals surface area contributed by atoms with Gasteiger partial charge in [0.05, 0.1) is 17.7 Å². The van der Waals surface area contributed by atoms with Crippen molar-refractivity contribution in [1.82, 2.24) is 9.88 Å². The van der Waals surface area contributed by atoms with Gasteiger partial charge in [-0.25, -0.2) is 0 Å². The highest BCUT2D eigenvalue weighted by Gasteiger charge is 2.34. The van der Waals surface area contributed by atoms with Crippen molar-refractivity contribution in [3.63, 3.8) is 0 Å². The number of ether oxygens (including phenoxy) is 1. The van der Waals surface area contributed by atoms with E-state index in [2.05, 4.69) is 4.98 Å². The summed E-state index contributed by atoms with van der Waals surface area (Å²) in [7, 11) is 0. The van der Waals surface area contributed by atoms with Gasteiger partial charge in [0.1, 0.15) is 12.4 Å². The molecular weight excluding hydrogens is 344 g/mol. The van der Waals surface area contributed by atoms with E-state index in [1.807, 2.05) is 6.92 Å². The SMILES string of the molecule is CCc1cc(=O)c2cc(OCCN3C(=O)c4ccccc4C3=O)ccc2[nH]1. The normalized spacial score (nSPS) is 13.3. The van der Waals surface area contributed by atoms with Crippen molar-refractivity contribution in [2.45, 2.75) is 13.3 Å². The number of benzene rings is 2. The van der Waals surface area contributed by atoms with Crippen LogP contribution in [0.25, 0.3) is 10.9 Å².